The maximum atomic E-state index is 13.2. The molecule has 0 spiro atoms. The Balaban J connectivity index is 1.07. The minimum absolute atomic E-state index is 0.784. The van der Waals surface area contributed by atoms with Crippen molar-refractivity contribution in [2.24, 2.45) is 0 Å². The van der Waals surface area contributed by atoms with Gasteiger partial charge < -0.3 is 225 Å². The highest BCUT2D eigenvalue weighted by atomic mass is 16.8. The first kappa shape index (κ1) is 93.6. The smallest absolute Gasteiger partial charge is 0.217 e. The zero-order valence-corrected chi connectivity index (χ0v) is 61.9. The summed E-state index contributed by atoms with van der Waals surface area (Å²) in [5.74, 6) is -4.40. The van der Waals surface area contributed by atoms with Gasteiger partial charge in [-0.1, -0.05) is 0 Å². The average molecular weight is 1670 g/mol. The van der Waals surface area contributed by atoms with E-state index < -0.39 is 358 Å². The topological polar surface area (TPSA) is 768 Å². The number of aliphatic hydroxyl groups is 23. The van der Waals surface area contributed by atoms with Crippen LogP contribution in [0.4, 0.5) is 0 Å². The van der Waals surface area contributed by atoms with Crippen molar-refractivity contribution in [3.8, 4) is 0 Å². The van der Waals surface area contributed by atoms with Gasteiger partial charge in [-0.05, 0) is 6.92 Å². The summed E-state index contributed by atoms with van der Waals surface area (Å²) in [6.45, 7) is -2.46. The Morgan fingerprint density at radius 3 is 0.974 bits per heavy atom. The van der Waals surface area contributed by atoms with Gasteiger partial charge in [0.25, 0.3) is 0 Å². The minimum atomic E-state index is -2.55. The second-order valence-corrected chi connectivity index (χ2v) is 28.9. The zero-order valence-electron chi connectivity index (χ0n) is 61.9. The van der Waals surface area contributed by atoms with E-state index in [0.29, 0.717) is 0 Å². The molecule has 0 radical (unpaired) electrons. The molecular formula is C64H107N5O45. The molecule has 9 fully saturated rings. The van der Waals surface area contributed by atoms with Crippen LogP contribution < -0.4 is 26.6 Å². The number of aliphatic hydroxyl groups excluding tert-OH is 23. The van der Waals surface area contributed by atoms with E-state index in [1.165, 1.54) is 6.92 Å². The summed E-state index contributed by atoms with van der Waals surface area (Å²) < 4.78 is 102. The van der Waals surface area contributed by atoms with E-state index in [-0.39, 0.29) is 0 Å². The molecule has 9 saturated heterocycles. The number of rotatable bonds is 29. The second kappa shape index (κ2) is 40.9. The van der Waals surface area contributed by atoms with Gasteiger partial charge in [-0.3, -0.25) is 24.0 Å². The molecule has 114 heavy (non-hydrogen) atoms. The van der Waals surface area contributed by atoms with Gasteiger partial charge >= 0.3 is 0 Å². The number of carbonyl (C=O) groups is 5. The van der Waals surface area contributed by atoms with Crippen LogP contribution in [-0.4, -0.2) is 476 Å². The summed E-state index contributed by atoms with van der Waals surface area (Å²) in [4.78, 5) is 63.5. The molecule has 0 aromatic carbocycles. The maximum Gasteiger partial charge on any atom is 0.217 e. The van der Waals surface area contributed by atoms with Gasteiger partial charge in [-0.2, -0.15) is 0 Å². The van der Waals surface area contributed by atoms with Crippen molar-refractivity contribution in [3.63, 3.8) is 0 Å². The van der Waals surface area contributed by atoms with E-state index >= 15 is 0 Å². The summed E-state index contributed by atoms with van der Waals surface area (Å²) in [5, 5.41) is 270. The van der Waals surface area contributed by atoms with Crippen LogP contribution in [0.15, 0.2) is 0 Å². The lowest BCUT2D eigenvalue weighted by atomic mass is 9.93. The van der Waals surface area contributed by atoms with Gasteiger partial charge in [0.1, 0.15) is 213 Å². The molecule has 658 valence electrons. The molecule has 0 bridgehead atoms. The van der Waals surface area contributed by atoms with Crippen LogP contribution in [0.5, 0.6) is 0 Å². The van der Waals surface area contributed by atoms with Crippen molar-refractivity contribution in [1.29, 1.82) is 0 Å². The number of ether oxygens (including phenoxy) is 17. The van der Waals surface area contributed by atoms with E-state index in [1.54, 1.807) is 0 Å². The lowest BCUT2D eigenvalue weighted by molar-refractivity contribution is -0.396. The highest BCUT2D eigenvalue weighted by Crippen LogP contribution is 2.40. The Morgan fingerprint density at radius 1 is 0.246 bits per heavy atom. The molecule has 0 aromatic rings. The van der Waals surface area contributed by atoms with Crippen molar-refractivity contribution in [2.75, 3.05) is 52.9 Å². The summed E-state index contributed by atoms with van der Waals surface area (Å²) in [7, 11) is 0. The summed E-state index contributed by atoms with van der Waals surface area (Å²) in [6, 6.07) is -9.07. The van der Waals surface area contributed by atoms with Gasteiger partial charge in [0.2, 0.25) is 29.5 Å². The zero-order chi connectivity index (χ0) is 84.1. The first-order valence-corrected chi connectivity index (χ1v) is 36.5. The van der Waals surface area contributed by atoms with Crippen LogP contribution in [0.2, 0.25) is 0 Å². The van der Waals surface area contributed by atoms with Crippen LogP contribution in [-0.2, 0) is 104 Å². The van der Waals surface area contributed by atoms with Crippen LogP contribution in [0, 0.1) is 0 Å². The monoisotopic (exact) mass is 1670 g/mol. The summed E-state index contributed by atoms with van der Waals surface area (Å²) in [5.41, 5.74) is 0. The fourth-order valence-corrected chi connectivity index (χ4v) is 14.7. The van der Waals surface area contributed by atoms with Gasteiger partial charge in [-0.15, -0.1) is 0 Å². The molecule has 9 aliphatic heterocycles. The van der Waals surface area contributed by atoms with Crippen LogP contribution >= 0.6 is 0 Å². The lowest BCUT2D eigenvalue weighted by Gasteiger charge is -2.51. The maximum absolute atomic E-state index is 13.2. The van der Waals surface area contributed by atoms with Gasteiger partial charge in [0.05, 0.1) is 59.0 Å². The van der Waals surface area contributed by atoms with Crippen LogP contribution in [0.25, 0.3) is 0 Å². The van der Waals surface area contributed by atoms with Crippen molar-refractivity contribution < 1.29 is 222 Å². The van der Waals surface area contributed by atoms with Crippen molar-refractivity contribution in [3.05, 3.63) is 0 Å². The second-order valence-electron chi connectivity index (χ2n) is 28.9. The van der Waals surface area contributed by atoms with Crippen molar-refractivity contribution >= 4 is 29.5 Å². The number of carbonyl (C=O) groups excluding carboxylic acids is 5. The highest BCUT2D eigenvalue weighted by molar-refractivity contribution is 5.75. The number of amides is 5. The molecule has 50 nitrogen and oxygen atoms in total. The van der Waals surface area contributed by atoms with Crippen molar-refractivity contribution in [1.82, 2.24) is 26.6 Å². The molecule has 50 heteroatoms. The van der Waals surface area contributed by atoms with Gasteiger partial charge in [0.15, 0.2) is 56.6 Å². The third kappa shape index (κ3) is 21.0. The Bertz CT molecular complexity index is 3080. The number of nitrogens with one attached hydrogen (secondary N) is 5. The van der Waals surface area contributed by atoms with Crippen LogP contribution in [0.1, 0.15) is 41.5 Å². The molecule has 28 N–H and O–H groups in total. The first-order chi connectivity index (χ1) is 53.8. The number of hydrogen-bond acceptors (Lipinski definition) is 45. The molecule has 0 saturated carbocycles. The third-order valence-corrected chi connectivity index (χ3v) is 20.7. The average Bonchev–Trinajstić information content (AvgIpc) is 0.773. The highest BCUT2D eigenvalue weighted by Gasteiger charge is 2.61. The molecule has 45 atom stereocenters. The molecule has 5 amide bonds. The fourth-order valence-electron chi connectivity index (χ4n) is 14.7. The molecule has 0 aromatic heterocycles. The molecule has 9 heterocycles. The van der Waals surface area contributed by atoms with E-state index in [9.17, 15) is 141 Å². The normalized spacial score (nSPS) is 48.2. The standard InChI is InChI=1S/C64H107N5O45/c1-15-34(81)45(92)48(95)61(100-15)98-14-28-52(110-57-30(66-17(3)77)40(87)35(82)21(7-70)102-57)44(91)33(69-20(6)80)60(108-28)113-54-46(93)37(84)23(9-72)104-63(54)99-13-27-39(86)53(112-64-55(47(94)38(85)24(10-73)105-64)114-58-31(67-18(4)78)41(88)36(83)22(8-71)103-58)49(96)62(107-27)111-51-26(12-75)106-59(32(43(51)90)68-19(5)79)109-50-25(11-74)101-56(97)29(42(50)89)65-16(2)76/h15,21-64,70-75,81-97H,7-14H2,1-6H3,(H,65,76)(H,66,77)(H,67,78)(H,68,79)(H,69,80)/t15-,21+,22+,23+,24+,25+,26+,27+,28+,29+,30+,31+,32+,33+,34+,35-,36+,37+,38+,39+,40+,41+,42+,43+,44+,45+,46-,47-,48-,49-,50+,51+,52+,53-,54-,55-,56?,57-,58-,59-,60-,61+,62-,63-,64+/m0/s1. The molecule has 1 unspecified atom stereocenters. The minimum Gasteiger partial charge on any atom is -0.394 e. The third-order valence-electron chi connectivity index (χ3n) is 20.7. The Hall–Kier alpha value is -4.25. The molecule has 9 rings (SSSR count). The molecular weight excluding hydrogens is 1560 g/mol. The Kier molecular flexibility index (Phi) is 33.6. The van der Waals surface area contributed by atoms with Crippen molar-refractivity contribution in [2.45, 2.75) is 318 Å². The Labute approximate surface area is 646 Å². The number of hydrogen-bond donors (Lipinski definition) is 28. The predicted molar refractivity (Wildman–Crippen MR) is 354 cm³/mol. The Morgan fingerprint density at radius 2 is 0.544 bits per heavy atom. The molecule has 0 aliphatic carbocycles. The first-order valence-electron chi connectivity index (χ1n) is 36.5. The van der Waals surface area contributed by atoms with Crippen LogP contribution in [0.3, 0.4) is 0 Å². The van der Waals surface area contributed by atoms with Gasteiger partial charge in [-0.25, -0.2) is 0 Å². The predicted octanol–water partition coefficient (Wildman–Crippen LogP) is -18.9. The lowest BCUT2D eigenvalue weighted by Crippen LogP contribution is -2.71. The fraction of sp³-hybridized carbons (Fsp3) is 0.922. The van der Waals surface area contributed by atoms with Gasteiger partial charge in [0, 0.05) is 34.6 Å². The quantitative estimate of drug-likeness (QED) is 0.0331. The van der Waals surface area contributed by atoms with E-state index in [1.807, 2.05) is 0 Å². The van der Waals surface area contributed by atoms with E-state index in [0.717, 1.165) is 34.6 Å². The largest absolute Gasteiger partial charge is 0.394 e. The van der Waals surface area contributed by atoms with E-state index in [2.05, 4.69) is 26.6 Å². The summed E-state index contributed by atoms with van der Waals surface area (Å²) in [6.07, 6.45) is -81.8. The molecule has 9 aliphatic rings. The van der Waals surface area contributed by atoms with E-state index in [4.69, 9.17) is 80.5 Å². The summed E-state index contributed by atoms with van der Waals surface area (Å²) >= 11 is 0. The SMILES string of the molecule is CC(=O)N[C@H]1[C@H](O[C@H]2[C@H](O)[C@@H](NC(C)=O)C(O)O[C@@H]2CO)O[C@H](CO)[C@@H](O[C@@H]2O[C@H](CO[C@H]3O[C@H](CO)[C@@H](O)[C@H](O)[C@@H]3O[C@@H]3O[C@H](CO[C@@H]4O[C@@H](C)[C@@H](O)[C@@H](O)[C@@H]4O)[C@@H](O[C@@H]4O[C@H](CO)[C@H](O)[C@H](O)[C@H]4NC(C)=O)[C@H](O)[C@H]3NC(C)=O)[C@@H](O)[C@H](O[C@H]3O[C@H](CO)[C@@H](O)[C@H](O)[C@@H]3O[C@@H]3O[C@H](CO)[C@@H](O)[C@H](O)[C@H]3NC(C)=O)[C@@H]2O)[C@@H]1O.